The molecule has 9 nitrogen and oxygen atoms in total. The SMILES string of the molecule is Nc1cc(C(=O)NC2CCC(N)CC2)ccc1N1CCN(C(=O)N2CCOCC2)CC1. The summed E-state index contributed by atoms with van der Waals surface area (Å²) in [5, 5.41) is 3.11. The zero-order chi connectivity index (χ0) is 21.8. The van der Waals surface area contributed by atoms with Gasteiger partial charge in [-0.05, 0) is 43.9 Å². The van der Waals surface area contributed by atoms with Gasteiger partial charge in [0.1, 0.15) is 0 Å². The standard InChI is InChI=1S/C22H34N6O3/c23-17-2-4-18(5-3-17)25-21(29)16-1-6-20(19(24)15-16)26-7-9-27(10-8-26)22(30)28-11-13-31-14-12-28/h1,6,15,17-18H,2-5,7-14,23-24H2,(H,25,29). The summed E-state index contributed by atoms with van der Waals surface area (Å²) in [6.07, 6.45) is 3.75. The van der Waals surface area contributed by atoms with E-state index >= 15 is 0 Å². The normalized spacial score (nSPS) is 24.7. The summed E-state index contributed by atoms with van der Waals surface area (Å²) in [5.41, 5.74) is 14.3. The van der Waals surface area contributed by atoms with Crippen molar-refractivity contribution >= 4 is 23.3 Å². The van der Waals surface area contributed by atoms with Crippen LogP contribution in [0.3, 0.4) is 0 Å². The number of urea groups is 1. The maximum Gasteiger partial charge on any atom is 0.320 e. The second-order valence-corrected chi connectivity index (χ2v) is 8.71. The number of carbonyl (C=O) groups is 2. The van der Waals surface area contributed by atoms with Gasteiger partial charge in [-0.2, -0.15) is 0 Å². The van der Waals surface area contributed by atoms with E-state index in [-0.39, 0.29) is 24.0 Å². The number of amides is 3. The van der Waals surface area contributed by atoms with Gasteiger partial charge in [0.2, 0.25) is 0 Å². The number of carbonyl (C=O) groups excluding carboxylic acids is 2. The van der Waals surface area contributed by atoms with Crippen LogP contribution in [0.15, 0.2) is 18.2 Å². The second-order valence-electron chi connectivity index (χ2n) is 8.71. The van der Waals surface area contributed by atoms with Gasteiger partial charge in [0.15, 0.2) is 0 Å². The number of ether oxygens (including phenoxy) is 1. The molecule has 0 bridgehead atoms. The summed E-state index contributed by atoms with van der Waals surface area (Å²) < 4.78 is 5.33. The van der Waals surface area contributed by atoms with Crippen LogP contribution in [-0.2, 0) is 4.74 Å². The molecule has 0 aromatic heterocycles. The van der Waals surface area contributed by atoms with Gasteiger partial charge in [0, 0.05) is 56.9 Å². The maximum absolute atomic E-state index is 12.7. The molecule has 3 aliphatic rings. The molecule has 170 valence electrons. The summed E-state index contributed by atoms with van der Waals surface area (Å²) >= 11 is 0. The molecule has 2 heterocycles. The van der Waals surface area contributed by atoms with Crippen LogP contribution in [0.25, 0.3) is 0 Å². The molecule has 0 radical (unpaired) electrons. The van der Waals surface area contributed by atoms with Crippen LogP contribution in [0.5, 0.6) is 0 Å². The van der Waals surface area contributed by atoms with E-state index in [9.17, 15) is 9.59 Å². The monoisotopic (exact) mass is 430 g/mol. The van der Waals surface area contributed by atoms with Crippen LogP contribution in [0, 0.1) is 0 Å². The van der Waals surface area contributed by atoms with Gasteiger partial charge in [0.05, 0.1) is 24.6 Å². The molecule has 1 aromatic carbocycles. The summed E-state index contributed by atoms with van der Waals surface area (Å²) in [7, 11) is 0. The molecule has 1 saturated carbocycles. The van der Waals surface area contributed by atoms with Crippen molar-refractivity contribution in [2.24, 2.45) is 5.73 Å². The summed E-state index contributed by atoms with van der Waals surface area (Å²) in [6, 6.07) is 6.04. The lowest BCUT2D eigenvalue weighted by atomic mass is 9.91. The third kappa shape index (κ3) is 5.22. The van der Waals surface area contributed by atoms with E-state index in [2.05, 4.69) is 10.2 Å². The first-order valence-corrected chi connectivity index (χ1v) is 11.3. The highest BCUT2D eigenvalue weighted by atomic mass is 16.5. The van der Waals surface area contributed by atoms with Crippen LogP contribution >= 0.6 is 0 Å². The molecule has 4 rings (SSSR count). The quantitative estimate of drug-likeness (QED) is 0.612. The third-order valence-corrected chi connectivity index (χ3v) is 6.57. The number of nitrogens with two attached hydrogens (primary N) is 2. The molecule has 0 spiro atoms. The van der Waals surface area contributed by atoms with Crippen molar-refractivity contribution in [1.29, 1.82) is 0 Å². The van der Waals surface area contributed by atoms with Crippen LogP contribution in [0.4, 0.5) is 16.2 Å². The lowest BCUT2D eigenvalue weighted by Crippen LogP contribution is -2.54. The zero-order valence-corrected chi connectivity index (χ0v) is 18.1. The molecule has 3 fully saturated rings. The lowest BCUT2D eigenvalue weighted by molar-refractivity contribution is 0.0428. The van der Waals surface area contributed by atoms with Gasteiger partial charge >= 0.3 is 6.03 Å². The number of hydrogen-bond donors (Lipinski definition) is 3. The Morgan fingerprint density at radius 3 is 2.23 bits per heavy atom. The minimum Gasteiger partial charge on any atom is -0.397 e. The number of rotatable bonds is 3. The number of nitrogen functional groups attached to an aromatic ring is 1. The van der Waals surface area contributed by atoms with Crippen molar-refractivity contribution in [2.75, 3.05) is 63.1 Å². The highest BCUT2D eigenvalue weighted by molar-refractivity contribution is 5.96. The molecular formula is C22H34N6O3. The van der Waals surface area contributed by atoms with E-state index < -0.39 is 0 Å². The fourth-order valence-electron chi connectivity index (χ4n) is 4.61. The fraction of sp³-hybridized carbons (Fsp3) is 0.636. The molecule has 0 unspecified atom stereocenters. The third-order valence-electron chi connectivity index (χ3n) is 6.57. The fourth-order valence-corrected chi connectivity index (χ4v) is 4.61. The Morgan fingerprint density at radius 1 is 0.935 bits per heavy atom. The van der Waals surface area contributed by atoms with Crippen molar-refractivity contribution in [3.05, 3.63) is 23.8 Å². The molecule has 2 saturated heterocycles. The first-order chi connectivity index (χ1) is 15.0. The average molecular weight is 431 g/mol. The van der Waals surface area contributed by atoms with E-state index in [0.717, 1.165) is 31.4 Å². The molecule has 3 amide bonds. The van der Waals surface area contributed by atoms with Crippen molar-refractivity contribution in [3.63, 3.8) is 0 Å². The summed E-state index contributed by atoms with van der Waals surface area (Å²) in [6.45, 7) is 5.27. The highest BCUT2D eigenvalue weighted by Crippen LogP contribution is 2.26. The lowest BCUT2D eigenvalue weighted by Gasteiger charge is -2.39. The molecule has 2 aliphatic heterocycles. The molecular weight excluding hydrogens is 396 g/mol. The number of hydrogen-bond acceptors (Lipinski definition) is 6. The van der Waals surface area contributed by atoms with Gasteiger partial charge < -0.3 is 36.2 Å². The number of morpholine rings is 1. The second kappa shape index (κ2) is 9.74. The first-order valence-electron chi connectivity index (χ1n) is 11.3. The highest BCUT2D eigenvalue weighted by Gasteiger charge is 2.27. The summed E-state index contributed by atoms with van der Waals surface area (Å²) in [5.74, 6) is -0.0837. The number of nitrogens with one attached hydrogen (secondary N) is 1. The van der Waals surface area contributed by atoms with E-state index in [1.165, 1.54) is 0 Å². The van der Waals surface area contributed by atoms with Gasteiger partial charge in [-0.3, -0.25) is 4.79 Å². The van der Waals surface area contributed by atoms with E-state index in [4.69, 9.17) is 16.2 Å². The molecule has 1 aliphatic carbocycles. The Morgan fingerprint density at radius 2 is 1.58 bits per heavy atom. The Bertz CT molecular complexity index is 781. The van der Waals surface area contributed by atoms with E-state index in [1.54, 1.807) is 6.07 Å². The Hall–Kier alpha value is -2.52. The Kier molecular flexibility index (Phi) is 6.82. The minimum atomic E-state index is -0.0837. The molecule has 31 heavy (non-hydrogen) atoms. The molecule has 5 N–H and O–H groups in total. The largest absolute Gasteiger partial charge is 0.397 e. The zero-order valence-electron chi connectivity index (χ0n) is 18.1. The van der Waals surface area contributed by atoms with Crippen molar-refractivity contribution < 1.29 is 14.3 Å². The maximum atomic E-state index is 12.7. The first kappa shape index (κ1) is 21.7. The van der Waals surface area contributed by atoms with Crippen LogP contribution in [0.1, 0.15) is 36.0 Å². The number of anilines is 2. The van der Waals surface area contributed by atoms with Crippen LogP contribution in [-0.4, -0.2) is 86.3 Å². The minimum absolute atomic E-state index is 0.0837. The average Bonchev–Trinajstić information content (AvgIpc) is 2.81. The van der Waals surface area contributed by atoms with Gasteiger partial charge in [-0.1, -0.05) is 0 Å². The van der Waals surface area contributed by atoms with Gasteiger partial charge in [0.25, 0.3) is 5.91 Å². The number of piperazine rings is 1. The predicted molar refractivity (Wildman–Crippen MR) is 120 cm³/mol. The molecule has 1 aromatic rings. The van der Waals surface area contributed by atoms with Crippen molar-refractivity contribution in [2.45, 2.75) is 37.8 Å². The topological polar surface area (TPSA) is 117 Å². The smallest absolute Gasteiger partial charge is 0.320 e. The van der Waals surface area contributed by atoms with E-state index in [1.807, 2.05) is 21.9 Å². The van der Waals surface area contributed by atoms with Crippen molar-refractivity contribution in [3.8, 4) is 0 Å². The summed E-state index contributed by atoms with van der Waals surface area (Å²) in [4.78, 5) is 31.2. The van der Waals surface area contributed by atoms with E-state index in [0.29, 0.717) is 63.7 Å². The number of benzene rings is 1. The Labute approximate surface area is 183 Å². The number of nitrogens with zero attached hydrogens (tertiary/aromatic N) is 3. The van der Waals surface area contributed by atoms with Crippen molar-refractivity contribution in [1.82, 2.24) is 15.1 Å². The predicted octanol–water partition coefficient (Wildman–Crippen LogP) is 0.843. The van der Waals surface area contributed by atoms with Gasteiger partial charge in [-0.25, -0.2) is 4.79 Å². The molecule has 9 heteroatoms. The van der Waals surface area contributed by atoms with Crippen LogP contribution < -0.4 is 21.7 Å². The Balaban J connectivity index is 1.31. The van der Waals surface area contributed by atoms with Gasteiger partial charge in [-0.15, -0.1) is 0 Å². The molecule has 0 atom stereocenters. The van der Waals surface area contributed by atoms with Crippen LogP contribution in [0.2, 0.25) is 0 Å².